The Morgan fingerprint density at radius 1 is 1.24 bits per heavy atom. The minimum atomic E-state index is -1.10. The summed E-state index contributed by atoms with van der Waals surface area (Å²) < 4.78 is 0. The molecule has 21 heavy (non-hydrogen) atoms. The van der Waals surface area contributed by atoms with Gasteiger partial charge in [0.1, 0.15) is 28.9 Å². The molecular weight excluding hydrogens is 296 g/mol. The Morgan fingerprint density at radius 3 is 2.43 bits per heavy atom. The number of nitrogens with zero attached hydrogens (tertiary/aromatic N) is 4. The lowest BCUT2D eigenvalue weighted by Crippen LogP contribution is -2.02. The van der Waals surface area contributed by atoms with E-state index in [0.717, 1.165) is 25.0 Å². The van der Waals surface area contributed by atoms with Gasteiger partial charge in [0.25, 0.3) is 0 Å². The Labute approximate surface area is 126 Å². The molecule has 0 bridgehead atoms. The van der Waals surface area contributed by atoms with Crippen LogP contribution in [0.3, 0.4) is 0 Å². The van der Waals surface area contributed by atoms with Crippen molar-refractivity contribution >= 4 is 29.2 Å². The van der Waals surface area contributed by atoms with Gasteiger partial charge in [0.15, 0.2) is 5.69 Å². The quantitative estimate of drug-likeness (QED) is 0.723. The van der Waals surface area contributed by atoms with Crippen LogP contribution in [0, 0.1) is 0 Å². The number of hydrogen-bond donors (Lipinski definition) is 3. The molecule has 112 valence electrons. The van der Waals surface area contributed by atoms with Crippen LogP contribution >= 0.6 is 11.6 Å². The fraction of sp³-hybridized carbons (Fsp3) is 0.250. The van der Waals surface area contributed by atoms with E-state index in [0.29, 0.717) is 11.0 Å². The van der Waals surface area contributed by atoms with Crippen molar-refractivity contribution in [3.8, 4) is 0 Å². The van der Waals surface area contributed by atoms with E-state index in [1.54, 1.807) is 6.07 Å². The largest absolute Gasteiger partial charge is 0.477 e. The molecule has 2 aromatic heterocycles. The van der Waals surface area contributed by atoms with Crippen molar-refractivity contribution in [2.75, 3.05) is 11.5 Å². The zero-order chi connectivity index (χ0) is 15.8. The summed E-state index contributed by atoms with van der Waals surface area (Å²) in [5.74, 6) is 0.215. The van der Waals surface area contributed by atoms with Crippen molar-refractivity contribution in [1.29, 1.82) is 0 Å². The highest BCUT2D eigenvalue weighted by atomic mass is 35.5. The number of nitrogens with two attached hydrogens (primary N) is 2. The third-order valence-corrected chi connectivity index (χ3v) is 2.34. The predicted molar refractivity (Wildman–Crippen MR) is 78.9 cm³/mol. The molecule has 0 radical (unpaired) electrons. The van der Waals surface area contributed by atoms with Crippen LogP contribution < -0.4 is 11.5 Å². The highest BCUT2D eigenvalue weighted by Crippen LogP contribution is 2.09. The first-order chi connectivity index (χ1) is 9.92. The Kier molecular flexibility index (Phi) is 6.28. The van der Waals surface area contributed by atoms with Crippen molar-refractivity contribution in [2.24, 2.45) is 0 Å². The first-order valence-electron chi connectivity index (χ1n) is 6.02. The van der Waals surface area contributed by atoms with E-state index in [1.807, 2.05) is 0 Å². The predicted octanol–water partition coefficient (Wildman–Crippen LogP) is 1.42. The van der Waals surface area contributed by atoms with Crippen LogP contribution in [0.25, 0.3) is 0 Å². The zero-order valence-corrected chi connectivity index (χ0v) is 12.1. The molecule has 0 spiro atoms. The molecule has 5 N–H and O–H groups in total. The molecule has 2 rings (SSSR count). The van der Waals surface area contributed by atoms with Gasteiger partial charge in [-0.2, -0.15) is 0 Å². The monoisotopic (exact) mass is 310 g/mol. The second kappa shape index (κ2) is 7.95. The Hall–Kier alpha value is -2.48. The van der Waals surface area contributed by atoms with Crippen molar-refractivity contribution in [3.63, 3.8) is 0 Å². The van der Waals surface area contributed by atoms with E-state index in [1.165, 1.54) is 6.07 Å². The summed E-state index contributed by atoms with van der Waals surface area (Å²) in [7, 11) is 0. The summed E-state index contributed by atoms with van der Waals surface area (Å²) in [6.07, 6.45) is 2.93. The number of aromatic carboxylic acids is 1. The molecule has 0 amide bonds. The third kappa shape index (κ3) is 6.00. The minimum absolute atomic E-state index is 0.0903. The van der Waals surface area contributed by atoms with Gasteiger partial charge >= 0.3 is 5.97 Å². The number of carbonyl (C=O) groups is 1. The first-order valence-corrected chi connectivity index (χ1v) is 6.40. The van der Waals surface area contributed by atoms with Gasteiger partial charge in [0.05, 0.1) is 0 Å². The van der Waals surface area contributed by atoms with Crippen molar-refractivity contribution in [3.05, 3.63) is 35.1 Å². The van der Waals surface area contributed by atoms with E-state index >= 15 is 0 Å². The average molecular weight is 311 g/mol. The summed E-state index contributed by atoms with van der Waals surface area (Å²) >= 11 is 5.65. The number of anilines is 2. The normalized spacial score (nSPS) is 9.62. The van der Waals surface area contributed by atoms with Crippen LogP contribution in [0.15, 0.2) is 18.5 Å². The number of nitrogen functional groups attached to an aromatic ring is 2. The molecule has 0 unspecified atom stereocenters. The lowest BCUT2D eigenvalue weighted by Gasteiger charge is -1.98. The van der Waals surface area contributed by atoms with Crippen LogP contribution in [0.4, 0.5) is 11.6 Å². The minimum Gasteiger partial charge on any atom is -0.477 e. The molecule has 0 aliphatic rings. The van der Waals surface area contributed by atoms with Crippen LogP contribution in [0.1, 0.15) is 29.7 Å². The molecule has 2 aromatic rings. The maximum absolute atomic E-state index is 10.2. The summed E-state index contributed by atoms with van der Waals surface area (Å²) in [6, 6.07) is 2.74. The zero-order valence-electron chi connectivity index (χ0n) is 11.3. The van der Waals surface area contributed by atoms with E-state index in [9.17, 15) is 4.79 Å². The van der Waals surface area contributed by atoms with Crippen LogP contribution in [0.5, 0.6) is 0 Å². The molecule has 0 saturated carbocycles. The second-order valence-corrected chi connectivity index (χ2v) is 4.30. The van der Waals surface area contributed by atoms with Crippen LogP contribution in [0.2, 0.25) is 5.15 Å². The van der Waals surface area contributed by atoms with Crippen LogP contribution in [-0.4, -0.2) is 31.0 Å². The molecular formula is C12H15ClN6O2. The molecule has 0 saturated heterocycles. The van der Waals surface area contributed by atoms with Gasteiger partial charge in [-0.25, -0.2) is 24.7 Å². The van der Waals surface area contributed by atoms with Gasteiger partial charge in [0, 0.05) is 18.6 Å². The Balaban J connectivity index is 0.000000211. The molecule has 0 fully saturated rings. The standard InChI is InChI=1S/C7H10ClN3.C5H5N3O2/c1-2-3-7-10-5(8)4-6(9)11-7;6-4-1-3(5(9)10)7-2-8-4/h4H,2-3H2,1H3,(H2,9,10,11);1-2H,(H,9,10)(H2,6,7,8). The van der Waals surface area contributed by atoms with Crippen molar-refractivity contribution < 1.29 is 9.90 Å². The van der Waals surface area contributed by atoms with Gasteiger partial charge in [-0.15, -0.1) is 0 Å². The van der Waals surface area contributed by atoms with E-state index in [4.69, 9.17) is 28.2 Å². The average Bonchev–Trinajstić information content (AvgIpc) is 2.38. The van der Waals surface area contributed by atoms with Gasteiger partial charge in [-0.05, 0) is 6.42 Å². The van der Waals surface area contributed by atoms with Gasteiger partial charge in [-0.3, -0.25) is 0 Å². The number of halogens is 1. The highest BCUT2D eigenvalue weighted by Gasteiger charge is 2.02. The van der Waals surface area contributed by atoms with Crippen LogP contribution in [-0.2, 0) is 6.42 Å². The molecule has 0 atom stereocenters. The van der Waals surface area contributed by atoms with Crippen molar-refractivity contribution in [2.45, 2.75) is 19.8 Å². The lowest BCUT2D eigenvalue weighted by molar-refractivity contribution is 0.0690. The van der Waals surface area contributed by atoms with Gasteiger partial charge in [0.2, 0.25) is 0 Å². The molecule has 8 nitrogen and oxygen atoms in total. The number of carboxylic acids is 1. The topological polar surface area (TPSA) is 141 Å². The second-order valence-electron chi connectivity index (χ2n) is 3.92. The van der Waals surface area contributed by atoms with E-state index in [2.05, 4.69) is 26.9 Å². The molecule has 0 aliphatic heterocycles. The summed E-state index contributed by atoms with van der Waals surface area (Å²) in [6.45, 7) is 2.06. The first kappa shape index (κ1) is 16.6. The van der Waals surface area contributed by atoms with Crippen molar-refractivity contribution in [1.82, 2.24) is 19.9 Å². The number of aromatic nitrogens is 4. The SMILES string of the molecule is CCCc1nc(N)cc(Cl)n1.Nc1cc(C(=O)O)ncn1. The Bertz CT molecular complexity index is 602. The summed E-state index contributed by atoms with van der Waals surface area (Å²) in [4.78, 5) is 25.2. The lowest BCUT2D eigenvalue weighted by atomic mass is 10.3. The summed E-state index contributed by atoms with van der Waals surface area (Å²) in [5, 5.41) is 8.78. The number of rotatable bonds is 3. The fourth-order valence-electron chi connectivity index (χ4n) is 1.31. The molecule has 0 aliphatic carbocycles. The Morgan fingerprint density at radius 2 is 1.95 bits per heavy atom. The fourth-order valence-corrected chi connectivity index (χ4v) is 1.52. The van der Waals surface area contributed by atoms with Gasteiger partial charge < -0.3 is 16.6 Å². The van der Waals surface area contributed by atoms with E-state index in [-0.39, 0.29) is 11.5 Å². The smallest absolute Gasteiger partial charge is 0.354 e. The van der Waals surface area contributed by atoms with Gasteiger partial charge in [-0.1, -0.05) is 18.5 Å². The number of hydrogen-bond acceptors (Lipinski definition) is 7. The number of carboxylic acid groups (broad SMARTS) is 1. The molecule has 2 heterocycles. The number of aryl methyl sites for hydroxylation is 1. The summed E-state index contributed by atoms with van der Waals surface area (Å²) in [5.41, 5.74) is 10.5. The highest BCUT2D eigenvalue weighted by molar-refractivity contribution is 6.29. The molecule has 9 heteroatoms. The maximum Gasteiger partial charge on any atom is 0.354 e. The third-order valence-electron chi connectivity index (χ3n) is 2.14. The van der Waals surface area contributed by atoms with E-state index < -0.39 is 5.97 Å². The molecule has 0 aromatic carbocycles. The maximum atomic E-state index is 10.2.